The molecule has 1 aromatic rings. The van der Waals surface area contributed by atoms with Crippen molar-refractivity contribution in [3.8, 4) is 0 Å². The van der Waals surface area contributed by atoms with Gasteiger partial charge >= 0.3 is 0 Å². The number of anilines is 1. The molecule has 0 aromatic heterocycles. The standard InChI is InChI=1S/C14H18N2O2S/c1-3-6-16-13(17)8-12(14(16)18)19-11-5-4-9(2)7-10(11)15/h4-5,7,12H,3,6,8,15H2,1-2H3. The van der Waals surface area contributed by atoms with Gasteiger partial charge in [-0.05, 0) is 31.0 Å². The van der Waals surface area contributed by atoms with E-state index in [9.17, 15) is 9.59 Å². The van der Waals surface area contributed by atoms with Crippen LogP contribution in [0.3, 0.4) is 0 Å². The number of hydrogen-bond donors (Lipinski definition) is 1. The normalized spacial score (nSPS) is 19.3. The fourth-order valence-electron chi connectivity index (χ4n) is 2.13. The van der Waals surface area contributed by atoms with E-state index in [4.69, 9.17) is 5.73 Å². The van der Waals surface area contributed by atoms with Crippen molar-refractivity contribution in [3.05, 3.63) is 23.8 Å². The molecule has 1 unspecified atom stereocenters. The average Bonchev–Trinajstić information content (AvgIpc) is 2.61. The van der Waals surface area contributed by atoms with Gasteiger partial charge in [-0.25, -0.2) is 0 Å². The largest absolute Gasteiger partial charge is 0.398 e. The van der Waals surface area contributed by atoms with Gasteiger partial charge in [0, 0.05) is 23.5 Å². The second-order valence-electron chi connectivity index (χ2n) is 4.74. The molecule has 1 saturated heterocycles. The predicted octanol–water partition coefficient (Wildman–Crippen LogP) is 2.21. The Hall–Kier alpha value is -1.49. The Bertz CT molecular complexity index is 516. The number of nitrogens with two attached hydrogens (primary N) is 1. The van der Waals surface area contributed by atoms with Gasteiger partial charge in [-0.15, -0.1) is 11.8 Å². The Labute approximate surface area is 117 Å². The van der Waals surface area contributed by atoms with Gasteiger partial charge in [0.25, 0.3) is 0 Å². The summed E-state index contributed by atoms with van der Waals surface area (Å²) in [5.41, 5.74) is 7.69. The molecule has 4 nitrogen and oxygen atoms in total. The number of likely N-dealkylation sites (tertiary alicyclic amines) is 1. The van der Waals surface area contributed by atoms with Crippen LogP contribution >= 0.6 is 11.8 Å². The van der Waals surface area contributed by atoms with Crippen molar-refractivity contribution in [1.82, 2.24) is 4.90 Å². The van der Waals surface area contributed by atoms with Gasteiger partial charge in [0.05, 0.1) is 5.25 Å². The molecule has 2 rings (SSSR count). The van der Waals surface area contributed by atoms with Crippen molar-refractivity contribution < 1.29 is 9.59 Å². The fraction of sp³-hybridized carbons (Fsp3) is 0.429. The summed E-state index contributed by atoms with van der Waals surface area (Å²) >= 11 is 1.39. The molecule has 1 atom stereocenters. The Morgan fingerprint density at radius 2 is 2.16 bits per heavy atom. The Kier molecular flexibility index (Phi) is 4.14. The molecular formula is C14H18N2O2S. The van der Waals surface area contributed by atoms with Crippen molar-refractivity contribution in [3.63, 3.8) is 0 Å². The van der Waals surface area contributed by atoms with E-state index in [1.165, 1.54) is 16.7 Å². The first-order valence-electron chi connectivity index (χ1n) is 6.40. The molecule has 2 amide bonds. The van der Waals surface area contributed by atoms with Crippen LogP contribution in [0.25, 0.3) is 0 Å². The molecule has 1 aliphatic heterocycles. The van der Waals surface area contributed by atoms with Gasteiger partial charge in [0.1, 0.15) is 0 Å². The molecule has 1 aliphatic rings. The van der Waals surface area contributed by atoms with E-state index in [1.807, 2.05) is 32.0 Å². The minimum Gasteiger partial charge on any atom is -0.398 e. The second-order valence-corrected chi connectivity index (χ2v) is 5.98. The fourth-order valence-corrected chi connectivity index (χ4v) is 3.23. The van der Waals surface area contributed by atoms with Crippen LogP contribution in [-0.4, -0.2) is 28.5 Å². The van der Waals surface area contributed by atoms with Crippen LogP contribution in [0.15, 0.2) is 23.1 Å². The summed E-state index contributed by atoms with van der Waals surface area (Å²) in [4.78, 5) is 26.1. The van der Waals surface area contributed by atoms with E-state index in [2.05, 4.69) is 0 Å². The zero-order chi connectivity index (χ0) is 14.0. The van der Waals surface area contributed by atoms with Crippen molar-refractivity contribution in [1.29, 1.82) is 0 Å². The molecule has 0 aliphatic carbocycles. The van der Waals surface area contributed by atoms with E-state index < -0.39 is 0 Å². The number of thioether (sulfide) groups is 1. The first kappa shape index (κ1) is 13.9. The lowest BCUT2D eigenvalue weighted by atomic mass is 10.2. The quantitative estimate of drug-likeness (QED) is 0.677. The molecule has 2 N–H and O–H groups in total. The Balaban J connectivity index is 2.12. The lowest BCUT2D eigenvalue weighted by molar-refractivity contribution is -0.138. The maximum absolute atomic E-state index is 12.1. The minimum absolute atomic E-state index is 0.0740. The van der Waals surface area contributed by atoms with Crippen LogP contribution < -0.4 is 5.73 Å². The van der Waals surface area contributed by atoms with Crippen LogP contribution in [0.5, 0.6) is 0 Å². The Morgan fingerprint density at radius 1 is 1.42 bits per heavy atom. The molecule has 1 heterocycles. The predicted molar refractivity (Wildman–Crippen MR) is 76.9 cm³/mol. The topological polar surface area (TPSA) is 63.4 Å². The molecule has 102 valence electrons. The highest BCUT2D eigenvalue weighted by molar-refractivity contribution is 8.00. The average molecular weight is 278 g/mol. The van der Waals surface area contributed by atoms with Gasteiger partial charge in [-0.1, -0.05) is 13.0 Å². The number of benzene rings is 1. The third kappa shape index (κ3) is 2.92. The van der Waals surface area contributed by atoms with Crippen LogP contribution in [-0.2, 0) is 9.59 Å². The summed E-state index contributed by atoms with van der Waals surface area (Å²) < 4.78 is 0. The maximum atomic E-state index is 12.1. The molecular weight excluding hydrogens is 260 g/mol. The summed E-state index contributed by atoms with van der Waals surface area (Å²) in [5, 5.41) is -0.330. The van der Waals surface area contributed by atoms with E-state index in [0.29, 0.717) is 12.2 Å². The number of amides is 2. The number of nitrogens with zero attached hydrogens (tertiary/aromatic N) is 1. The van der Waals surface area contributed by atoms with Crippen LogP contribution in [0.2, 0.25) is 0 Å². The number of rotatable bonds is 4. The number of imide groups is 1. The number of nitrogen functional groups attached to an aromatic ring is 1. The van der Waals surface area contributed by atoms with Crippen LogP contribution in [0.4, 0.5) is 5.69 Å². The van der Waals surface area contributed by atoms with Crippen molar-refractivity contribution >= 4 is 29.3 Å². The van der Waals surface area contributed by atoms with E-state index in [0.717, 1.165) is 16.9 Å². The summed E-state index contributed by atoms with van der Waals surface area (Å²) in [7, 11) is 0. The number of aryl methyl sites for hydroxylation is 1. The molecule has 0 radical (unpaired) electrons. The van der Waals surface area contributed by atoms with Crippen molar-refractivity contribution in [2.24, 2.45) is 0 Å². The monoisotopic (exact) mass is 278 g/mol. The highest BCUT2D eigenvalue weighted by atomic mass is 32.2. The summed E-state index contributed by atoms with van der Waals surface area (Å²) in [6, 6.07) is 5.76. The highest BCUT2D eigenvalue weighted by Gasteiger charge is 2.38. The number of carbonyl (C=O) groups is 2. The molecule has 5 heteroatoms. The maximum Gasteiger partial charge on any atom is 0.243 e. The number of carbonyl (C=O) groups excluding carboxylic acids is 2. The molecule has 19 heavy (non-hydrogen) atoms. The van der Waals surface area contributed by atoms with Gasteiger partial charge in [0.15, 0.2) is 0 Å². The smallest absolute Gasteiger partial charge is 0.243 e. The van der Waals surface area contributed by atoms with Gasteiger partial charge in [-0.3, -0.25) is 14.5 Å². The molecule has 0 bridgehead atoms. The highest BCUT2D eigenvalue weighted by Crippen LogP contribution is 2.34. The second kappa shape index (κ2) is 5.65. The van der Waals surface area contributed by atoms with Crippen molar-refractivity contribution in [2.45, 2.75) is 36.8 Å². The SMILES string of the molecule is CCCN1C(=O)CC(Sc2ccc(C)cc2N)C1=O. The first-order valence-corrected chi connectivity index (χ1v) is 7.28. The van der Waals surface area contributed by atoms with E-state index >= 15 is 0 Å². The Morgan fingerprint density at radius 3 is 2.79 bits per heavy atom. The molecule has 1 aromatic carbocycles. The van der Waals surface area contributed by atoms with Crippen LogP contribution in [0.1, 0.15) is 25.3 Å². The third-order valence-corrected chi connectivity index (χ3v) is 4.36. The lowest BCUT2D eigenvalue weighted by Crippen LogP contribution is -2.31. The van der Waals surface area contributed by atoms with E-state index in [-0.39, 0.29) is 23.5 Å². The molecule has 0 spiro atoms. The molecule has 0 saturated carbocycles. The zero-order valence-corrected chi connectivity index (χ0v) is 12.0. The van der Waals surface area contributed by atoms with Gasteiger partial charge < -0.3 is 5.73 Å². The minimum atomic E-state index is -0.330. The third-order valence-electron chi connectivity index (χ3n) is 3.08. The van der Waals surface area contributed by atoms with E-state index in [1.54, 1.807) is 0 Å². The first-order chi connectivity index (χ1) is 9.02. The van der Waals surface area contributed by atoms with Crippen molar-refractivity contribution in [2.75, 3.05) is 12.3 Å². The van der Waals surface area contributed by atoms with Gasteiger partial charge in [-0.2, -0.15) is 0 Å². The lowest BCUT2D eigenvalue weighted by Gasteiger charge is -2.14. The van der Waals surface area contributed by atoms with Crippen LogP contribution in [0, 0.1) is 6.92 Å². The summed E-state index contributed by atoms with van der Waals surface area (Å²) in [5.74, 6) is -0.160. The molecule has 1 fully saturated rings. The summed E-state index contributed by atoms with van der Waals surface area (Å²) in [6.45, 7) is 4.44. The summed E-state index contributed by atoms with van der Waals surface area (Å²) in [6.07, 6.45) is 1.07. The zero-order valence-electron chi connectivity index (χ0n) is 11.2. The van der Waals surface area contributed by atoms with Gasteiger partial charge in [0.2, 0.25) is 11.8 Å². The number of hydrogen-bond acceptors (Lipinski definition) is 4.